The first-order valence-electron chi connectivity index (χ1n) is 4.41. The van der Waals surface area contributed by atoms with E-state index in [1.165, 1.54) is 32.1 Å². The van der Waals surface area contributed by atoms with E-state index < -0.39 is 0 Å². The monoisotopic (exact) mass is 139 g/mol. The molecule has 0 atom stereocenters. The minimum absolute atomic E-state index is 0.527. The van der Waals surface area contributed by atoms with Gasteiger partial charge in [0.15, 0.2) is 0 Å². The van der Waals surface area contributed by atoms with Crippen molar-refractivity contribution in [2.24, 2.45) is 5.41 Å². The third-order valence-corrected chi connectivity index (χ3v) is 2.09. The summed E-state index contributed by atoms with van der Waals surface area (Å²) in [5, 5.41) is 0. The van der Waals surface area contributed by atoms with Crippen LogP contribution in [0.1, 0.15) is 52.9 Å². The van der Waals surface area contributed by atoms with Crippen molar-refractivity contribution in [2.45, 2.75) is 52.9 Å². The Morgan fingerprint density at radius 2 is 1.60 bits per heavy atom. The van der Waals surface area contributed by atoms with E-state index in [0.717, 1.165) is 0 Å². The van der Waals surface area contributed by atoms with E-state index in [1.807, 2.05) is 5.92 Å². The van der Waals surface area contributed by atoms with Gasteiger partial charge in [0.05, 0.1) is 0 Å². The normalized spacial score (nSPS) is 21.9. The van der Waals surface area contributed by atoms with Crippen LogP contribution < -0.4 is 0 Å². The highest BCUT2D eigenvalue weighted by Crippen LogP contribution is 2.36. The first kappa shape index (κ1) is 8.10. The van der Waals surface area contributed by atoms with Gasteiger partial charge in [-0.25, -0.2) is 0 Å². The lowest BCUT2D eigenvalue weighted by molar-refractivity contribution is 0.380. The van der Waals surface area contributed by atoms with Crippen LogP contribution in [0.15, 0.2) is 0 Å². The smallest absolute Gasteiger partial charge is 0.0236 e. The fourth-order valence-electron chi connectivity index (χ4n) is 1.80. The third-order valence-electron chi connectivity index (χ3n) is 2.09. The maximum absolute atomic E-state index is 2.33. The zero-order chi connectivity index (χ0) is 7.61. The molecule has 0 unspecified atom stereocenters. The lowest BCUT2D eigenvalue weighted by atomic mass is 9.84. The zero-order valence-electron chi connectivity index (χ0n) is 7.54. The topological polar surface area (TPSA) is 0 Å². The van der Waals surface area contributed by atoms with Gasteiger partial charge in [-0.05, 0) is 30.6 Å². The zero-order valence-corrected chi connectivity index (χ0v) is 7.54. The molecular formula is C10H19. The molecule has 1 fully saturated rings. The van der Waals surface area contributed by atoms with Gasteiger partial charge in [-0.2, -0.15) is 0 Å². The minimum Gasteiger partial charge on any atom is -0.0602 e. The summed E-state index contributed by atoms with van der Waals surface area (Å²) in [5.41, 5.74) is 0.527. The van der Waals surface area contributed by atoms with Crippen molar-refractivity contribution in [3.63, 3.8) is 0 Å². The summed E-state index contributed by atoms with van der Waals surface area (Å²) in [6, 6.07) is 0. The summed E-state index contributed by atoms with van der Waals surface area (Å²) < 4.78 is 0. The first-order chi connectivity index (χ1) is 4.58. The van der Waals surface area contributed by atoms with Crippen molar-refractivity contribution < 1.29 is 0 Å². The van der Waals surface area contributed by atoms with Crippen molar-refractivity contribution in [1.29, 1.82) is 0 Å². The van der Waals surface area contributed by atoms with Gasteiger partial charge in [0.25, 0.3) is 0 Å². The molecule has 0 N–H and O–H groups in total. The van der Waals surface area contributed by atoms with Crippen LogP contribution in [0.25, 0.3) is 0 Å². The standard InChI is InChI=1S/C10H19/c1-10(2,3)8-9-6-4-5-7-9/h4-8H2,1-3H3. The molecule has 1 radical (unpaired) electrons. The third kappa shape index (κ3) is 2.72. The number of hydrogen-bond acceptors (Lipinski definition) is 0. The molecule has 0 aliphatic heterocycles. The summed E-state index contributed by atoms with van der Waals surface area (Å²) in [5.74, 6) is 1.81. The van der Waals surface area contributed by atoms with Crippen molar-refractivity contribution in [1.82, 2.24) is 0 Å². The summed E-state index contributed by atoms with van der Waals surface area (Å²) in [6.45, 7) is 6.99. The number of rotatable bonds is 1. The first-order valence-corrected chi connectivity index (χ1v) is 4.41. The van der Waals surface area contributed by atoms with Crippen LogP contribution in [-0.2, 0) is 0 Å². The molecule has 0 amide bonds. The molecule has 59 valence electrons. The van der Waals surface area contributed by atoms with Crippen LogP contribution in [0.4, 0.5) is 0 Å². The Kier molecular flexibility index (Phi) is 2.38. The lowest BCUT2D eigenvalue weighted by Crippen LogP contribution is -2.09. The van der Waals surface area contributed by atoms with Gasteiger partial charge in [-0.3, -0.25) is 0 Å². The molecule has 0 heteroatoms. The van der Waals surface area contributed by atoms with Gasteiger partial charge in [0.1, 0.15) is 0 Å². The van der Waals surface area contributed by atoms with Gasteiger partial charge in [-0.1, -0.05) is 33.6 Å². The largest absolute Gasteiger partial charge is 0.0602 e. The molecule has 1 saturated carbocycles. The molecule has 1 rings (SSSR count). The molecule has 0 heterocycles. The van der Waals surface area contributed by atoms with Crippen molar-refractivity contribution in [3.8, 4) is 0 Å². The molecule has 0 aromatic rings. The highest BCUT2D eigenvalue weighted by Gasteiger charge is 2.21. The van der Waals surface area contributed by atoms with Gasteiger partial charge in [-0.15, -0.1) is 0 Å². The van der Waals surface area contributed by atoms with Gasteiger partial charge >= 0.3 is 0 Å². The Morgan fingerprint density at radius 3 is 2.00 bits per heavy atom. The van der Waals surface area contributed by atoms with Crippen molar-refractivity contribution in [2.75, 3.05) is 0 Å². The van der Waals surface area contributed by atoms with Gasteiger partial charge in [0.2, 0.25) is 0 Å². The highest BCUT2D eigenvalue weighted by atomic mass is 14.3. The maximum atomic E-state index is 2.33. The van der Waals surface area contributed by atoms with Crippen LogP contribution in [0.3, 0.4) is 0 Å². The van der Waals surface area contributed by atoms with Crippen LogP contribution in [0.2, 0.25) is 0 Å². The Bertz CT molecular complexity index is 91.1. The molecule has 10 heavy (non-hydrogen) atoms. The predicted molar refractivity (Wildman–Crippen MR) is 45.8 cm³/mol. The van der Waals surface area contributed by atoms with Gasteiger partial charge < -0.3 is 0 Å². The second kappa shape index (κ2) is 2.94. The molecule has 1 aliphatic rings. The van der Waals surface area contributed by atoms with Crippen LogP contribution in [0, 0.1) is 11.3 Å². The van der Waals surface area contributed by atoms with Crippen molar-refractivity contribution in [3.05, 3.63) is 5.92 Å². The molecule has 0 bridgehead atoms. The fraction of sp³-hybridized carbons (Fsp3) is 0.900. The summed E-state index contributed by atoms with van der Waals surface area (Å²) >= 11 is 0. The Balaban J connectivity index is 2.24. The van der Waals surface area contributed by atoms with E-state index in [9.17, 15) is 0 Å². The average molecular weight is 139 g/mol. The predicted octanol–water partition coefficient (Wildman–Crippen LogP) is 3.57. The SMILES string of the molecule is CC(C)(C)C[C]1CCCC1. The molecule has 0 aromatic carbocycles. The molecule has 0 aromatic heterocycles. The van der Waals surface area contributed by atoms with Crippen molar-refractivity contribution >= 4 is 0 Å². The fourth-order valence-corrected chi connectivity index (χ4v) is 1.80. The lowest BCUT2D eigenvalue weighted by Gasteiger charge is -2.21. The maximum Gasteiger partial charge on any atom is -0.0236 e. The molecule has 0 spiro atoms. The Morgan fingerprint density at radius 1 is 1.10 bits per heavy atom. The minimum atomic E-state index is 0.527. The quantitative estimate of drug-likeness (QED) is 0.521. The molecule has 0 nitrogen and oxygen atoms in total. The van der Waals surface area contributed by atoms with E-state index in [2.05, 4.69) is 20.8 Å². The van der Waals surface area contributed by atoms with Crippen LogP contribution in [-0.4, -0.2) is 0 Å². The summed E-state index contributed by atoms with van der Waals surface area (Å²) in [4.78, 5) is 0. The van der Waals surface area contributed by atoms with E-state index in [-0.39, 0.29) is 0 Å². The Hall–Kier alpha value is 0. The molecule has 1 aliphatic carbocycles. The molecular weight excluding hydrogens is 120 g/mol. The Labute approximate surface area is 65.0 Å². The molecule has 0 saturated heterocycles. The van der Waals surface area contributed by atoms with Crippen LogP contribution >= 0.6 is 0 Å². The summed E-state index contributed by atoms with van der Waals surface area (Å²) in [6.07, 6.45) is 7.08. The average Bonchev–Trinajstić information content (AvgIpc) is 2.12. The van der Waals surface area contributed by atoms with Gasteiger partial charge in [0, 0.05) is 0 Å². The highest BCUT2D eigenvalue weighted by molar-refractivity contribution is 4.97. The van der Waals surface area contributed by atoms with E-state index in [0.29, 0.717) is 5.41 Å². The van der Waals surface area contributed by atoms with E-state index >= 15 is 0 Å². The van der Waals surface area contributed by atoms with E-state index in [4.69, 9.17) is 0 Å². The number of hydrogen-bond donors (Lipinski definition) is 0. The second-order valence-corrected chi connectivity index (χ2v) is 4.69. The second-order valence-electron chi connectivity index (χ2n) is 4.69. The summed E-state index contributed by atoms with van der Waals surface area (Å²) in [7, 11) is 0. The van der Waals surface area contributed by atoms with E-state index in [1.54, 1.807) is 0 Å². The van der Waals surface area contributed by atoms with Crippen LogP contribution in [0.5, 0.6) is 0 Å².